The highest BCUT2D eigenvalue weighted by Gasteiger charge is 2.48. The number of carbonyl (C=O) groups excluding carboxylic acids is 3. The first kappa shape index (κ1) is 37.7. The molecule has 1 unspecified atom stereocenters. The number of aliphatic hydroxyl groups is 3. The number of nitrogens with one attached hydrogen (secondary N) is 3. The molecular weight excluding hydrogens is 672 g/mol. The Kier molecular flexibility index (Phi) is 12.0. The van der Waals surface area contributed by atoms with Crippen LogP contribution in [-0.4, -0.2) is 108 Å². The second-order valence-corrected chi connectivity index (χ2v) is 13.2. The SMILES string of the molecule is CN(C=O)C(O)[C@H]1O[C@@H](n2cnc3c(NCc4cccc(C#CCNC(=O)[C@H](Cc5ccccc5)NC(=O)OC(C)(C)C)c4)ncnc32)[C@H](O)[C@@H]1O. The molecule has 0 bridgehead atoms. The molecule has 1 saturated heterocycles. The predicted octanol–water partition coefficient (Wildman–Crippen LogP) is 1.07. The first-order chi connectivity index (χ1) is 24.8. The van der Waals surface area contributed by atoms with Gasteiger partial charge in [0.05, 0.1) is 12.9 Å². The average Bonchev–Trinajstić information content (AvgIpc) is 3.68. The molecule has 3 heterocycles. The highest BCUT2D eigenvalue weighted by Crippen LogP contribution is 2.34. The fourth-order valence-corrected chi connectivity index (χ4v) is 5.48. The number of benzene rings is 2. The monoisotopic (exact) mass is 714 g/mol. The molecule has 0 spiro atoms. The van der Waals surface area contributed by atoms with Gasteiger partial charge in [-0.05, 0) is 44.0 Å². The average molecular weight is 715 g/mol. The summed E-state index contributed by atoms with van der Waals surface area (Å²) in [7, 11) is 1.33. The number of aromatic nitrogens is 4. The summed E-state index contributed by atoms with van der Waals surface area (Å²) in [5.74, 6) is 6.01. The van der Waals surface area contributed by atoms with Crippen LogP contribution in [-0.2, 0) is 32.0 Å². The Morgan fingerprint density at radius 1 is 1.08 bits per heavy atom. The van der Waals surface area contributed by atoms with Crippen LogP contribution < -0.4 is 16.0 Å². The van der Waals surface area contributed by atoms with Gasteiger partial charge in [-0.25, -0.2) is 19.7 Å². The molecule has 2 aromatic carbocycles. The van der Waals surface area contributed by atoms with Gasteiger partial charge >= 0.3 is 6.09 Å². The van der Waals surface area contributed by atoms with Crippen molar-refractivity contribution >= 4 is 35.4 Å². The highest BCUT2D eigenvalue weighted by molar-refractivity contribution is 5.86. The van der Waals surface area contributed by atoms with E-state index in [1.807, 2.05) is 54.6 Å². The standard InChI is InChI=1S/C36H42N8O8/c1-36(2,3)52-35(50)42-25(17-23-10-6-5-7-11-23)32(48)37-15-9-14-22-12-8-13-24(16-22)18-38-30-26-31(40-19-39-30)44(20-41-26)34-28(47)27(46)29(51-34)33(49)43(4)21-45/h5-8,10-13,16,19-21,25,27-29,33-34,46-47,49H,15,17-18H2,1-4H3,(H,37,48)(H,42,50)(H,38,39,40)/t25-,27-,28+,29-,33?,34+/m0/s1. The Bertz CT molecular complexity index is 1920. The predicted molar refractivity (Wildman–Crippen MR) is 188 cm³/mol. The second kappa shape index (κ2) is 16.6. The van der Waals surface area contributed by atoms with Crippen molar-refractivity contribution in [1.82, 2.24) is 35.1 Å². The molecular formula is C36H42N8O8. The molecule has 6 atom stereocenters. The maximum atomic E-state index is 13.1. The van der Waals surface area contributed by atoms with Crippen molar-refractivity contribution in [3.05, 3.63) is 83.9 Å². The van der Waals surface area contributed by atoms with E-state index in [4.69, 9.17) is 9.47 Å². The smallest absolute Gasteiger partial charge is 0.408 e. The van der Waals surface area contributed by atoms with Crippen LogP contribution in [0.5, 0.6) is 0 Å². The molecule has 274 valence electrons. The quantitative estimate of drug-likeness (QED) is 0.0691. The fourth-order valence-electron chi connectivity index (χ4n) is 5.48. The Morgan fingerprint density at radius 3 is 2.56 bits per heavy atom. The maximum Gasteiger partial charge on any atom is 0.408 e. The Labute approximate surface area is 300 Å². The Balaban J connectivity index is 1.20. The van der Waals surface area contributed by atoms with Crippen molar-refractivity contribution < 1.29 is 39.2 Å². The number of amides is 3. The van der Waals surface area contributed by atoms with Crippen LogP contribution in [0.3, 0.4) is 0 Å². The molecule has 16 nitrogen and oxygen atoms in total. The van der Waals surface area contributed by atoms with Crippen LogP contribution in [0.1, 0.15) is 43.7 Å². The summed E-state index contributed by atoms with van der Waals surface area (Å²) >= 11 is 0. The van der Waals surface area contributed by atoms with Crippen LogP contribution in [0.15, 0.2) is 67.3 Å². The van der Waals surface area contributed by atoms with Gasteiger partial charge in [-0.1, -0.05) is 54.3 Å². The van der Waals surface area contributed by atoms with Gasteiger partial charge in [0.25, 0.3) is 0 Å². The van der Waals surface area contributed by atoms with Crippen LogP contribution in [0, 0.1) is 11.8 Å². The lowest BCUT2D eigenvalue weighted by Gasteiger charge is -2.26. The molecule has 5 rings (SSSR count). The fraction of sp³-hybridized carbons (Fsp3) is 0.389. The summed E-state index contributed by atoms with van der Waals surface area (Å²) in [6.07, 6.45) is -4.14. The van der Waals surface area contributed by atoms with Gasteiger partial charge in [0.2, 0.25) is 12.3 Å². The third-order valence-electron chi connectivity index (χ3n) is 8.05. The zero-order valence-electron chi connectivity index (χ0n) is 29.1. The number of imidazole rings is 1. The number of carbonyl (C=O) groups is 3. The lowest BCUT2D eigenvalue weighted by Crippen LogP contribution is -2.49. The third-order valence-corrected chi connectivity index (χ3v) is 8.05. The molecule has 1 fully saturated rings. The van der Waals surface area contributed by atoms with E-state index in [1.165, 1.54) is 24.3 Å². The Morgan fingerprint density at radius 2 is 1.83 bits per heavy atom. The molecule has 0 radical (unpaired) electrons. The van der Waals surface area contributed by atoms with Crippen LogP contribution >= 0.6 is 0 Å². The molecule has 1 aliphatic heterocycles. The summed E-state index contributed by atoms with van der Waals surface area (Å²) in [4.78, 5) is 50.5. The number of ether oxygens (including phenoxy) is 2. The van der Waals surface area contributed by atoms with E-state index in [0.717, 1.165) is 16.0 Å². The molecule has 52 heavy (non-hydrogen) atoms. The zero-order valence-corrected chi connectivity index (χ0v) is 29.1. The summed E-state index contributed by atoms with van der Waals surface area (Å²) in [6.45, 7) is 5.64. The molecule has 6 N–H and O–H groups in total. The lowest BCUT2D eigenvalue weighted by atomic mass is 10.1. The summed E-state index contributed by atoms with van der Waals surface area (Å²) in [5, 5.41) is 40.3. The number of anilines is 1. The first-order valence-corrected chi connectivity index (χ1v) is 16.5. The van der Waals surface area contributed by atoms with Crippen molar-refractivity contribution in [3.63, 3.8) is 0 Å². The zero-order chi connectivity index (χ0) is 37.4. The molecule has 0 aliphatic carbocycles. The van der Waals surface area contributed by atoms with E-state index < -0.39 is 54.4 Å². The molecule has 1 aliphatic rings. The number of aliphatic hydroxyl groups excluding tert-OH is 3. The van der Waals surface area contributed by atoms with Gasteiger partial charge in [-0.15, -0.1) is 0 Å². The van der Waals surface area contributed by atoms with Gasteiger partial charge in [-0.2, -0.15) is 0 Å². The van der Waals surface area contributed by atoms with Crippen molar-refractivity contribution in [2.75, 3.05) is 18.9 Å². The molecule has 0 saturated carbocycles. The van der Waals surface area contributed by atoms with E-state index in [2.05, 4.69) is 42.7 Å². The van der Waals surface area contributed by atoms with E-state index in [0.29, 0.717) is 35.5 Å². The number of fused-ring (bicyclic) bond motifs is 1. The molecule has 16 heteroatoms. The van der Waals surface area contributed by atoms with Gasteiger partial charge in [0, 0.05) is 25.6 Å². The first-order valence-electron chi connectivity index (χ1n) is 16.5. The minimum atomic E-state index is -1.49. The number of rotatable bonds is 12. The van der Waals surface area contributed by atoms with Gasteiger partial charge < -0.3 is 45.6 Å². The summed E-state index contributed by atoms with van der Waals surface area (Å²) in [6, 6.07) is 16.0. The van der Waals surface area contributed by atoms with Gasteiger partial charge in [0.15, 0.2) is 29.4 Å². The van der Waals surface area contributed by atoms with E-state index in [-0.39, 0.29) is 13.0 Å². The number of likely N-dealkylation sites (N-methyl/N-ethyl adjacent to an activating group) is 1. The minimum Gasteiger partial charge on any atom is -0.444 e. The number of hydrogen-bond acceptors (Lipinski definition) is 12. The van der Waals surface area contributed by atoms with Crippen molar-refractivity contribution in [2.45, 2.75) is 76.1 Å². The maximum absolute atomic E-state index is 13.1. The number of nitrogens with zero attached hydrogens (tertiary/aromatic N) is 5. The minimum absolute atomic E-state index is 0.0497. The topological polar surface area (TPSA) is 213 Å². The second-order valence-electron chi connectivity index (χ2n) is 13.2. The van der Waals surface area contributed by atoms with E-state index in [9.17, 15) is 29.7 Å². The van der Waals surface area contributed by atoms with Crippen molar-refractivity contribution in [3.8, 4) is 11.8 Å². The number of alkyl carbamates (subject to hydrolysis) is 1. The van der Waals surface area contributed by atoms with Crippen LogP contribution in [0.4, 0.5) is 10.6 Å². The van der Waals surface area contributed by atoms with Crippen molar-refractivity contribution in [2.24, 2.45) is 0 Å². The number of hydrogen-bond donors (Lipinski definition) is 6. The van der Waals surface area contributed by atoms with Crippen molar-refractivity contribution in [1.29, 1.82) is 0 Å². The normalized spacial score (nSPS) is 19.5. The highest BCUT2D eigenvalue weighted by atomic mass is 16.6. The van der Waals surface area contributed by atoms with Crippen LogP contribution in [0.2, 0.25) is 0 Å². The van der Waals surface area contributed by atoms with Gasteiger partial charge in [0.1, 0.15) is 36.3 Å². The molecule has 4 aromatic rings. The largest absolute Gasteiger partial charge is 0.444 e. The van der Waals surface area contributed by atoms with Crippen LogP contribution in [0.25, 0.3) is 11.2 Å². The van der Waals surface area contributed by atoms with E-state index >= 15 is 0 Å². The van der Waals surface area contributed by atoms with Gasteiger partial charge in [-0.3, -0.25) is 14.2 Å². The lowest BCUT2D eigenvalue weighted by molar-refractivity contribution is -0.149. The molecule has 3 amide bonds. The molecule has 2 aromatic heterocycles. The van der Waals surface area contributed by atoms with E-state index in [1.54, 1.807) is 20.8 Å². The summed E-state index contributed by atoms with van der Waals surface area (Å²) in [5.41, 5.74) is 2.43. The summed E-state index contributed by atoms with van der Waals surface area (Å²) < 4.78 is 12.5. The Hall–Kier alpha value is -5.60. The third kappa shape index (κ3) is 9.38.